The van der Waals surface area contributed by atoms with Gasteiger partial charge in [0.05, 0.1) is 7.11 Å². The van der Waals surface area contributed by atoms with Crippen LogP contribution in [0.25, 0.3) is 0 Å². The number of nitrogens with zero attached hydrogens (tertiary/aromatic N) is 2. The van der Waals surface area contributed by atoms with Gasteiger partial charge in [0.1, 0.15) is 5.75 Å². The highest BCUT2D eigenvalue weighted by Gasteiger charge is 2.22. The van der Waals surface area contributed by atoms with Crippen LogP contribution >= 0.6 is 23.1 Å². The Bertz CT molecular complexity index is 537. The number of hydrogen-bond donors (Lipinski definition) is 1. The first-order valence-corrected chi connectivity index (χ1v) is 7.99. The molecule has 1 aromatic heterocycles. The van der Waals surface area contributed by atoms with Gasteiger partial charge in [0.15, 0.2) is 4.34 Å². The third-order valence-electron chi connectivity index (χ3n) is 2.83. The topological polar surface area (TPSA) is 47.0 Å². The minimum absolute atomic E-state index is 0.632. The zero-order valence-electron chi connectivity index (χ0n) is 10.6. The first-order valence-electron chi connectivity index (χ1n) is 6.19. The van der Waals surface area contributed by atoms with Crippen molar-refractivity contribution in [2.75, 3.05) is 12.4 Å². The van der Waals surface area contributed by atoms with E-state index < -0.39 is 0 Å². The molecule has 0 saturated heterocycles. The van der Waals surface area contributed by atoms with Crippen LogP contribution in [0.2, 0.25) is 0 Å². The molecule has 1 aliphatic rings. The average Bonchev–Trinajstić information content (AvgIpc) is 3.14. The molecular formula is C13H15N3OS2. The molecule has 0 unspecified atom stereocenters. The average molecular weight is 293 g/mol. The second kappa shape index (κ2) is 5.79. The van der Waals surface area contributed by atoms with Gasteiger partial charge in [0.25, 0.3) is 0 Å². The van der Waals surface area contributed by atoms with Crippen LogP contribution < -0.4 is 10.1 Å². The molecule has 1 aromatic carbocycles. The number of thioether (sulfide) groups is 1. The van der Waals surface area contributed by atoms with Crippen molar-refractivity contribution in [3.8, 4) is 5.75 Å². The van der Waals surface area contributed by atoms with E-state index in [2.05, 4.69) is 27.6 Å². The fourth-order valence-electron chi connectivity index (χ4n) is 1.60. The van der Waals surface area contributed by atoms with E-state index >= 15 is 0 Å². The van der Waals surface area contributed by atoms with Crippen LogP contribution in [0.1, 0.15) is 18.4 Å². The van der Waals surface area contributed by atoms with Crippen LogP contribution in [-0.4, -0.2) is 23.3 Å². The van der Waals surface area contributed by atoms with E-state index in [0.717, 1.165) is 21.0 Å². The molecule has 1 saturated carbocycles. The summed E-state index contributed by atoms with van der Waals surface area (Å²) in [6.45, 7) is 0. The zero-order valence-corrected chi connectivity index (χ0v) is 12.3. The number of anilines is 1. The zero-order chi connectivity index (χ0) is 13.1. The number of nitrogens with one attached hydrogen (secondary N) is 1. The van der Waals surface area contributed by atoms with Crippen molar-refractivity contribution in [1.82, 2.24) is 10.2 Å². The van der Waals surface area contributed by atoms with Crippen molar-refractivity contribution in [2.24, 2.45) is 0 Å². The molecule has 0 amide bonds. The summed E-state index contributed by atoms with van der Waals surface area (Å²) >= 11 is 3.35. The highest BCUT2D eigenvalue weighted by atomic mass is 32.2. The number of hydrogen-bond acceptors (Lipinski definition) is 6. The largest absolute Gasteiger partial charge is 0.497 e. The van der Waals surface area contributed by atoms with Crippen LogP contribution in [0.5, 0.6) is 5.75 Å². The van der Waals surface area contributed by atoms with E-state index in [-0.39, 0.29) is 0 Å². The van der Waals surface area contributed by atoms with E-state index in [4.69, 9.17) is 4.74 Å². The summed E-state index contributed by atoms with van der Waals surface area (Å²) in [6, 6.07) is 8.76. The fraction of sp³-hybridized carbons (Fsp3) is 0.385. The van der Waals surface area contributed by atoms with E-state index in [9.17, 15) is 0 Å². The maximum Gasteiger partial charge on any atom is 0.206 e. The van der Waals surface area contributed by atoms with Gasteiger partial charge >= 0.3 is 0 Å². The normalized spacial score (nSPS) is 14.4. The van der Waals surface area contributed by atoms with Gasteiger partial charge in [-0.1, -0.05) is 35.2 Å². The second-order valence-corrected chi connectivity index (χ2v) is 6.63. The van der Waals surface area contributed by atoms with Crippen LogP contribution in [0, 0.1) is 0 Å². The summed E-state index contributed by atoms with van der Waals surface area (Å²) in [7, 11) is 1.68. The van der Waals surface area contributed by atoms with Crippen LogP contribution in [-0.2, 0) is 5.75 Å². The van der Waals surface area contributed by atoms with Crippen molar-refractivity contribution in [3.63, 3.8) is 0 Å². The number of rotatable bonds is 6. The standard InChI is InChI=1S/C13H15N3OS2/c1-17-11-6-2-9(3-7-11)8-18-13-16-15-12(19-13)14-10-4-5-10/h2-3,6-7,10H,4-5,8H2,1H3,(H,14,15). The van der Waals surface area contributed by atoms with Crippen LogP contribution in [0.3, 0.4) is 0 Å². The maximum atomic E-state index is 5.14. The number of ether oxygens (including phenoxy) is 1. The van der Waals surface area contributed by atoms with E-state index in [1.54, 1.807) is 30.2 Å². The molecule has 6 heteroatoms. The Morgan fingerprint density at radius 3 is 2.79 bits per heavy atom. The summed E-state index contributed by atoms with van der Waals surface area (Å²) in [5.41, 5.74) is 1.26. The van der Waals surface area contributed by atoms with E-state index in [1.165, 1.54) is 18.4 Å². The quantitative estimate of drug-likeness (QED) is 0.827. The molecule has 0 atom stereocenters. The van der Waals surface area contributed by atoms with Crippen LogP contribution in [0.4, 0.5) is 5.13 Å². The Kier molecular flexibility index (Phi) is 3.89. The number of methoxy groups -OCH3 is 1. The molecule has 4 nitrogen and oxygen atoms in total. The Labute approximate surface area is 120 Å². The Balaban J connectivity index is 1.53. The van der Waals surface area contributed by atoms with Crippen LogP contribution in [0.15, 0.2) is 28.6 Å². The predicted molar refractivity (Wildman–Crippen MR) is 79.1 cm³/mol. The first-order chi connectivity index (χ1) is 9.33. The molecule has 3 rings (SSSR count). The van der Waals surface area contributed by atoms with Gasteiger partial charge in [-0.2, -0.15) is 0 Å². The Morgan fingerprint density at radius 1 is 1.32 bits per heavy atom. The molecule has 1 heterocycles. The minimum atomic E-state index is 0.632. The first kappa shape index (κ1) is 12.7. The van der Waals surface area contributed by atoms with Gasteiger partial charge in [-0.05, 0) is 30.5 Å². The lowest BCUT2D eigenvalue weighted by Crippen LogP contribution is -1.99. The molecule has 0 aliphatic heterocycles. The monoisotopic (exact) mass is 293 g/mol. The second-order valence-electron chi connectivity index (χ2n) is 4.43. The van der Waals surface area contributed by atoms with Gasteiger partial charge in [0.2, 0.25) is 5.13 Å². The Morgan fingerprint density at radius 2 is 2.11 bits per heavy atom. The van der Waals surface area contributed by atoms with Gasteiger partial charge < -0.3 is 10.1 Å². The molecule has 1 N–H and O–H groups in total. The van der Waals surface area contributed by atoms with Crippen molar-refractivity contribution < 1.29 is 4.74 Å². The SMILES string of the molecule is COc1ccc(CSc2nnc(NC3CC3)s2)cc1. The molecule has 0 radical (unpaired) electrons. The number of aromatic nitrogens is 2. The molecule has 0 bridgehead atoms. The third-order valence-corrected chi connectivity index (χ3v) is 4.89. The predicted octanol–water partition coefficient (Wildman–Crippen LogP) is 3.41. The van der Waals surface area contributed by atoms with Crippen molar-refractivity contribution >= 4 is 28.2 Å². The highest BCUT2D eigenvalue weighted by Crippen LogP contribution is 2.31. The molecular weight excluding hydrogens is 278 g/mol. The highest BCUT2D eigenvalue weighted by molar-refractivity contribution is 8.00. The van der Waals surface area contributed by atoms with Crippen molar-refractivity contribution in [1.29, 1.82) is 0 Å². The van der Waals surface area contributed by atoms with Gasteiger partial charge in [-0.3, -0.25) is 0 Å². The fourth-order valence-corrected chi connectivity index (χ4v) is 3.38. The van der Waals surface area contributed by atoms with Gasteiger partial charge in [-0.25, -0.2) is 0 Å². The van der Waals surface area contributed by atoms with Gasteiger partial charge in [-0.15, -0.1) is 10.2 Å². The molecule has 19 heavy (non-hydrogen) atoms. The smallest absolute Gasteiger partial charge is 0.206 e. The summed E-state index contributed by atoms with van der Waals surface area (Å²) in [4.78, 5) is 0. The lowest BCUT2D eigenvalue weighted by molar-refractivity contribution is 0.414. The van der Waals surface area contributed by atoms with Crippen molar-refractivity contribution in [2.45, 2.75) is 29.0 Å². The minimum Gasteiger partial charge on any atom is -0.497 e. The van der Waals surface area contributed by atoms with E-state index in [0.29, 0.717) is 6.04 Å². The lowest BCUT2D eigenvalue weighted by Gasteiger charge is -2.01. The molecule has 0 spiro atoms. The molecule has 2 aromatic rings. The maximum absolute atomic E-state index is 5.14. The van der Waals surface area contributed by atoms with E-state index in [1.807, 2.05) is 12.1 Å². The van der Waals surface area contributed by atoms with Gasteiger partial charge in [0, 0.05) is 11.8 Å². The summed E-state index contributed by atoms with van der Waals surface area (Å²) in [6.07, 6.45) is 2.52. The molecule has 1 fully saturated rings. The summed E-state index contributed by atoms with van der Waals surface area (Å²) < 4.78 is 6.16. The molecule has 100 valence electrons. The third kappa shape index (κ3) is 3.61. The lowest BCUT2D eigenvalue weighted by atomic mass is 10.2. The summed E-state index contributed by atoms with van der Waals surface area (Å²) in [5.74, 6) is 1.79. The van der Waals surface area contributed by atoms with Crippen molar-refractivity contribution in [3.05, 3.63) is 29.8 Å². The molecule has 1 aliphatic carbocycles. The Hall–Kier alpha value is -1.27. The number of benzene rings is 1. The summed E-state index contributed by atoms with van der Waals surface area (Å²) in [5, 5.41) is 12.7.